The Hall–Kier alpha value is -2.56. The molecule has 0 spiro atoms. The highest BCUT2D eigenvalue weighted by molar-refractivity contribution is 5.74. The Morgan fingerprint density at radius 2 is 2.24 bits per heavy atom. The van der Waals surface area contributed by atoms with Gasteiger partial charge in [0, 0.05) is 31.9 Å². The van der Waals surface area contributed by atoms with Crippen LogP contribution in [0.15, 0.2) is 42.6 Å². The van der Waals surface area contributed by atoms with E-state index in [4.69, 9.17) is 4.74 Å². The Bertz CT molecular complexity index is 718. The highest BCUT2D eigenvalue weighted by atomic mass is 16.5. The number of amides is 2. The van der Waals surface area contributed by atoms with Crippen LogP contribution in [0.2, 0.25) is 0 Å². The summed E-state index contributed by atoms with van der Waals surface area (Å²) in [6, 6.07) is 12.0. The molecule has 25 heavy (non-hydrogen) atoms. The highest BCUT2D eigenvalue weighted by Crippen LogP contribution is 2.32. The van der Waals surface area contributed by atoms with Gasteiger partial charge in [0.05, 0.1) is 13.2 Å². The van der Waals surface area contributed by atoms with Gasteiger partial charge in [-0.1, -0.05) is 12.1 Å². The first kappa shape index (κ1) is 17.3. The Morgan fingerprint density at radius 3 is 3.00 bits per heavy atom. The summed E-state index contributed by atoms with van der Waals surface area (Å²) in [5.41, 5.74) is 3.47. The molecule has 0 radical (unpaired) electrons. The van der Waals surface area contributed by atoms with Crippen LogP contribution in [0.4, 0.5) is 4.79 Å². The Balaban J connectivity index is 1.59. The molecule has 2 amide bonds. The maximum Gasteiger partial charge on any atom is 0.317 e. The summed E-state index contributed by atoms with van der Waals surface area (Å²) < 4.78 is 5.31. The predicted molar refractivity (Wildman–Crippen MR) is 97.8 cm³/mol. The van der Waals surface area contributed by atoms with Crippen molar-refractivity contribution in [3.05, 3.63) is 59.4 Å². The van der Waals surface area contributed by atoms with Crippen molar-refractivity contribution in [3.8, 4) is 5.75 Å². The minimum atomic E-state index is -0.0374. The Kier molecular flexibility index (Phi) is 5.53. The number of nitrogens with zero attached hydrogens (tertiary/aromatic N) is 2. The largest absolute Gasteiger partial charge is 0.497 e. The molecule has 1 aliphatic rings. The van der Waals surface area contributed by atoms with Gasteiger partial charge < -0.3 is 15.0 Å². The predicted octanol–water partition coefficient (Wildman–Crippen LogP) is 3.35. The van der Waals surface area contributed by atoms with Crippen LogP contribution < -0.4 is 10.1 Å². The second kappa shape index (κ2) is 8.01. The minimum absolute atomic E-state index is 0.0374. The van der Waals surface area contributed by atoms with E-state index in [0.29, 0.717) is 6.54 Å². The van der Waals surface area contributed by atoms with Crippen molar-refractivity contribution in [1.29, 1.82) is 0 Å². The molecule has 132 valence electrons. The molecule has 0 saturated carbocycles. The molecule has 3 rings (SSSR count). The van der Waals surface area contributed by atoms with Crippen molar-refractivity contribution in [2.75, 3.05) is 20.7 Å². The van der Waals surface area contributed by atoms with Crippen LogP contribution in [0.25, 0.3) is 0 Å². The smallest absolute Gasteiger partial charge is 0.317 e. The molecule has 1 heterocycles. The molecule has 1 aromatic heterocycles. The van der Waals surface area contributed by atoms with Crippen LogP contribution in [0, 0.1) is 0 Å². The van der Waals surface area contributed by atoms with E-state index in [1.807, 2.05) is 31.3 Å². The molecule has 0 saturated heterocycles. The van der Waals surface area contributed by atoms with Crippen LogP contribution in [-0.2, 0) is 12.8 Å². The van der Waals surface area contributed by atoms with Crippen LogP contribution in [0.5, 0.6) is 5.75 Å². The van der Waals surface area contributed by atoms with Crippen molar-refractivity contribution in [3.63, 3.8) is 0 Å². The van der Waals surface area contributed by atoms with Crippen molar-refractivity contribution in [2.24, 2.45) is 0 Å². The summed E-state index contributed by atoms with van der Waals surface area (Å²) in [6.07, 6.45) is 5.61. The van der Waals surface area contributed by atoms with Gasteiger partial charge in [0.15, 0.2) is 0 Å². The highest BCUT2D eigenvalue weighted by Gasteiger charge is 2.23. The zero-order valence-corrected chi connectivity index (χ0v) is 14.9. The number of urea groups is 1. The Morgan fingerprint density at radius 1 is 1.36 bits per heavy atom. The molecular formula is C20H25N3O2. The van der Waals surface area contributed by atoms with Crippen LogP contribution in [-0.4, -0.2) is 36.6 Å². The van der Waals surface area contributed by atoms with Gasteiger partial charge in [0.2, 0.25) is 0 Å². The van der Waals surface area contributed by atoms with E-state index >= 15 is 0 Å². The SMILES string of the molecule is COc1ccc2c(c1)CCC[C@H]2NC(=O)N(C)CCc1ccccn1. The number of hydrogen-bond acceptors (Lipinski definition) is 3. The topological polar surface area (TPSA) is 54.5 Å². The lowest BCUT2D eigenvalue weighted by Gasteiger charge is -2.29. The summed E-state index contributed by atoms with van der Waals surface area (Å²) >= 11 is 0. The molecule has 0 fully saturated rings. The van der Waals surface area contributed by atoms with E-state index in [0.717, 1.165) is 37.1 Å². The molecular weight excluding hydrogens is 314 g/mol. The molecule has 2 aromatic rings. The number of aryl methyl sites for hydroxylation is 1. The first-order chi connectivity index (χ1) is 12.2. The molecule has 5 heteroatoms. The van der Waals surface area contributed by atoms with Gasteiger partial charge in [0.1, 0.15) is 5.75 Å². The Labute approximate surface area is 149 Å². The summed E-state index contributed by atoms with van der Waals surface area (Å²) in [5, 5.41) is 3.17. The molecule has 1 atom stereocenters. The number of carbonyl (C=O) groups is 1. The number of fused-ring (bicyclic) bond motifs is 1. The number of hydrogen-bond donors (Lipinski definition) is 1. The van der Waals surface area contributed by atoms with Gasteiger partial charge in [-0.25, -0.2) is 4.79 Å². The third-order valence-corrected chi connectivity index (χ3v) is 4.74. The van der Waals surface area contributed by atoms with E-state index in [9.17, 15) is 4.79 Å². The zero-order valence-electron chi connectivity index (χ0n) is 14.9. The number of methoxy groups -OCH3 is 1. The lowest BCUT2D eigenvalue weighted by atomic mass is 9.87. The number of nitrogens with one attached hydrogen (secondary N) is 1. The second-order valence-electron chi connectivity index (χ2n) is 6.45. The molecule has 5 nitrogen and oxygen atoms in total. The number of pyridine rings is 1. The van der Waals surface area contributed by atoms with E-state index < -0.39 is 0 Å². The van der Waals surface area contributed by atoms with Gasteiger partial charge >= 0.3 is 6.03 Å². The maximum atomic E-state index is 12.5. The van der Waals surface area contributed by atoms with Gasteiger partial charge in [-0.15, -0.1) is 0 Å². The molecule has 0 unspecified atom stereocenters. The number of likely N-dealkylation sites (N-methyl/N-ethyl adjacent to an activating group) is 1. The van der Waals surface area contributed by atoms with Gasteiger partial charge in [-0.2, -0.15) is 0 Å². The van der Waals surface area contributed by atoms with E-state index in [2.05, 4.69) is 22.4 Å². The van der Waals surface area contributed by atoms with Gasteiger partial charge in [0.25, 0.3) is 0 Å². The third kappa shape index (κ3) is 4.29. The van der Waals surface area contributed by atoms with Crippen LogP contribution >= 0.6 is 0 Å². The number of carbonyl (C=O) groups excluding carboxylic acids is 1. The van der Waals surface area contributed by atoms with Gasteiger partial charge in [-0.05, 0) is 54.7 Å². The molecule has 0 aliphatic heterocycles. The fourth-order valence-electron chi connectivity index (χ4n) is 3.26. The lowest BCUT2D eigenvalue weighted by Crippen LogP contribution is -2.41. The monoisotopic (exact) mass is 339 g/mol. The van der Waals surface area contributed by atoms with Crippen molar-refractivity contribution < 1.29 is 9.53 Å². The molecule has 1 N–H and O–H groups in total. The lowest BCUT2D eigenvalue weighted by molar-refractivity contribution is 0.203. The van der Waals surface area contributed by atoms with Crippen molar-refractivity contribution >= 4 is 6.03 Å². The summed E-state index contributed by atoms with van der Waals surface area (Å²) in [5.74, 6) is 0.873. The number of ether oxygens (including phenoxy) is 1. The minimum Gasteiger partial charge on any atom is -0.497 e. The fourth-order valence-corrected chi connectivity index (χ4v) is 3.26. The third-order valence-electron chi connectivity index (χ3n) is 4.74. The normalized spacial score (nSPS) is 16.0. The molecule has 0 bridgehead atoms. The molecule has 1 aromatic carbocycles. The first-order valence-electron chi connectivity index (χ1n) is 8.75. The summed E-state index contributed by atoms with van der Waals surface area (Å²) in [6.45, 7) is 0.644. The van der Waals surface area contributed by atoms with Gasteiger partial charge in [-0.3, -0.25) is 4.98 Å². The number of rotatable bonds is 5. The van der Waals surface area contributed by atoms with E-state index in [1.165, 1.54) is 11.1 Å². The zero-order chi connectivity index (χ0) is 17.6. The standard InChI is InChI=1S/C20H25N3O2/c1-23(13-11-16-7-3-4-12-21-16)20(24)22-19-8-5-6-15-14-17(25-2)9-10-18(15)19/h3-4,7,9-10,12,14,19H,5-6,8,11,13H2,1-2H3,(H,22,24)/t19-/m1/s1. The average Bonchev–Trinajstić information content (AvgIpc) is 2.66. The first-order valence-corrected chi connectivity index (χ1v) is 8.75. The van der Waals surface area contributed by atoms with Crippen LogP contribution in [0.3, 0.4) is 0 Å². The van der Waals surface area contributed by atoms with Crippen LogP contribution in [0.1, 0.15) is 35.7 Å². The summed E-state index contributed by atoms with van der Waals surface area (Å²) in [7, 11) is 3.51. The average molecular weight is 339 g/mol. The van der Waals surface area contributed by atoms with E-state index in [-0.39, 0.29) is 12.1 Å². The van der Waals surface area contributed by atoms with Crippen molar-refractivity contribution in [1.82, 2.24) is 15.2 Å². The number of aromatic nitrogens is 1. The summed E-state index contributed by atoms with van der Waals surface area (Å²) in [4.78, 5) is 18.6. The second-order valence-corrected chi connectivity index (χ2v) is 6.45. The molecule has 1 aliphatic carbocycles. The quantitative estimate of drug-likeness (QED) is 0.909. The number of benzene rings is 1. The van der Waals surface area contributed by atoms with E-state index in [1.54, 1.807) is 18.2 Å². The fraction of sp³-hybridized carbons (Fsp3) is 0.400. The maximum absolute atomic E-state index is 12.5. The van der Waals surface area contributed by atoms with Crippen molar-refractivity contribution in [2.45, 2.75) is 31.7 Å².